The van der Waals surface area contributed by atoms with Crippen molar-refractivity contribution in [3.05, 3.63) is 57.5 Å². The van der Waals surface area contributed by atoms with Crippen LogP contribution in [-0.4, -0.2) is 100 Å². The second-order valence-corrected chi connectivity index (χ2v) is 10.2. The monoisotopic (exact) mass is 649 g/mol. The molecule has 0 spiro atoms. The van der Waals surface area contributed by atoms with Gasteiger partial charge in [0.15, 0.2) is 0 Å². The molecular weight excluding hydrogens is 607 g/mol. The third-order valence-corrected chi connectivity index (χ3v) is 7.29. The first-order valence-corrected chi connectivity index (χ1v) is 14.8. The van der Waals surface area contributed by atoms with E-state index in [0.29, 0.717) is 12.1 Å². The summed E-state index contributed by atoms with van der Waals surface area (Å²) in [5.74, 6) is 1.41. The maximum Gasteiger partial charge on any atom is 0.416 e. The van der Waals surface area contributed by atoms with Gasteiger partial charge >= 0.3 is 6.18 Å². The Balaban J connectivity index is 0.000000587. The van der Waals surface area contributed by atoms with E-state index >= 15 is 0 Å². The maximum atomic E-state index is 12.3. The Bertz CT molecular complexity index is 1050. The molecule has 4 rings (SSSR count). The summed E-state index contributed by atoms with van der Waals surface area (Å²) in [5, 5.41) is 8.51. The van der Waals surface area contributed by atoms with Crippen LogP contribution in [0.1, 0.15) is 30.9 Å². The van der Waals surface area contributed by atoms with Crippen LogP contribution in [0.15, 0.2) is 51.5 Å². The summed E-state index contributed by atoms with van der Waals surface area (Å²) in [5.41, 5.74) is 6.79. The Hall–Kier alpha value is -3.07. The lowest BCUT2D eigenvalue weighted by atomic mass is 10.1. The molecule has 15 heteroatoms. The molecule has 242 valence electrons. The Morgan fingerprint density at radius 2 is 1.86 bits per heavy atom. The number of ether oxygens (including phenoxy) is 1. The van der Waals surface area contributed by atoms with Gasteiger partial charge in [0.1, 0.15) is 12.6 Å². The van der Waals surface area contributed by atoms with E-state index in [1.807, 2.05) is 18.7 Å². The molecule has 0 saturated carbocycles. The minimum absolute atomic E-state index is 0.0744. The second kappa shape index (κ2) is 22.5. The minimum atomic E-state index is -4.37. The number of nitrogens with two attached hydrogens (primary N) is 1. The highest BCUT2D eigenvalue weighted by molar-refractivity contribution is 7.96. The lowest BCUT2D eigenvalue weighted by molar-refractivity contribution is -0.137. The number of nitrogens with one attached hydrogen (secondary N) is 1. The lowest BCUT2D eigenvalue weighted by Crippen LogP contribution is -2.41. The van der Waals surface area contributed by atoms with E-state index in [4.69, 9.17) is 25.9 Å². The van der Waals surface area contributed by atoms with Crippen molar-refractivity contribution in [1.29, 1.82) is 0 Å². The van der Waals surface area contributed by atoms with Crippen molar-refractivity contribution in [2.24, 2.45) is 15.8 Å². The van der Waals surface area contributed by atoms with Crippen LogP contribution >= 0.6 is 23.5 Å². The molecule has 0 aromatic heterocycles. The van der Waals surface area contributed by atoms with Crippen molar-refractivity contribution in [2.45, 2.75) is 32.5 Å². The van der Waals surface area contributed by atoms with Crippen LogP contribution < -0.4 is 11.1 Å². The molecule has 1 aromatic carbocycles. The molecule has 0 atom stereocenters. The fraction of sp³-hybridized carbons (Fsp3) is 0.500. The molecule has 0 unspecified atom stereocenters. The van der Waals surface area contributed by atoms with Gasteiger partial charge in [-0.3, -0.25) is 14.8 Å². The van der Waals surface area contributed by atoms with Crippen LogP contribution in [0.4, 0.5) is 13.2 Å². The number of alkyl halides is 3. The van der Waals surface area contributed by atoms with E-state index in [9.17, 15) is 13.2 Å². The average Bonchev–Trinajstić information content (AvgIpc) is 3.81. The lowest BCUT2D eigenvalue weighted by Gasteiger charge is -2.32. The first-order chi connectivity index (χ1) is 20.5. The quantitative estimate of drug-likeness (QED) is 0.139. The first kappa shape index (κ1) is 39.9. The fourth-order valence-corrected chi connectivity index (χ4v) is 4.50. The van der Waals surface area contributed by atoms with E-state index in [-0.39, 0.29) is 11.4 Å². The highest BCUT2D eigenvalue weighted by atomic mass is 35.5. The Labute approximate surface area is 262 Å². The molecule has 1 fully saturated rings. The zero-order chi connectivity index (χ0) is 32.8. The number of halogens is 4. The van der Waals surface area contributed by atoms with Crippen LogP contribution in [0.25, 0.3) is 0 Å². The number of allylic oxidation sites excluding steroid dienone is 1. The normalized spacial score (nSPS) is 15.6. The Morgan fingerprint density at radius 3 is 2.28 bits per heavy atom. The van der Waals surface area contributed by atoms with Crippen molar-refractivity contribution >= 4 is 50.2 Å². The SMILES string of the molecule is C=NCC1=CCOCC1.C=NN(C)Cc1ccc(C(F)(F)F)cc1Cl.C=O.CCC1=C(N2CCN(SC)CC2)N1.NC=O. The fourth-order valence-electron chi connectivity index (χ4n) is 3.73. The minimum Gasteiger partial charge on any atom is -0.377 e. The molecule has 1 saturated heterocycles. The van der Waals surface area contributed by atoms with Gasteiger partial charge in [-0.2, -0.15) is 18.3 Å². The van der Waals surface area contributed by atoms with Crippen molar-refractivity contribution in [3.8, 4) is 0 Å². The number of hydrogen-bond donors (Lipinski definition) is 2. The molecule has 3 heterocycles. The number of primary amides is 1. The smallest absolute Gasteiger partial charge is 0.377 e. The number of carbonyl (C=O) groups is 2. The molecule has 0 radical (unpaired) electrons. The molecule has 1 aromatic rings. The summed E-state index contributed by atoms with van der Waals surface area (Å²) in [7, 11) is 1.65. The topological polar surface area (TPSA) is 126 Å². The summed E-state index contributed by atoms with van der Waals surface area (Å²) in [6, 6.07) is 3.25. The molecule has 3 aliphatic heterocycles. The number of piperazine rings is 1. The molecule has 43 heavy (non-hydrogen) atoms. The number of aliphatic imine (C=N–C) groups is 1. The van der Waals surface area contributed by atoms with E-state index in [1.54, 1.807) is 7.05 Å². The van der Waals surface area contributed by atoms with Gasteiger partial charge in [-0.25, -0.2) is 4.31 Å². The van der Waals surface area contributed by atoms with Crippen molar-refractivity contribution in [3.63, 3.8) is 0 Å². The van der Waals surface area contributed by atoms with E-state index < -0.39 is 11.7 Å². The number of hydrazone groups is 1. The van der Waals surface area contributed by atoms with Gasteiger partial charge in [0.2, 0.25) is 6.41 Å². The molecule has 0 bridgehead atoms. The number of hydrogen-bond acceptors (Lipinski definition) is 10. The van der Waals surface area contributed by atoms with E-state index in [0.717, 1.165) is 44.7 Å². The second-order valence-electron chi connectivity index (χ2n) is 8.87. The van der Waals surface area contributed by atoms with Crippen molar-refractivity contribution in [2.75, 3.05) is 59.2 Å². The zero-order valence-electron chi connectivity index (χ0n) is 25.0. The first-order valence-electron chi connectivity index (χ1n) is 13.2. The third kappa shape index (κ3) is 16.4. The summed E-state index contributed by atoms with van der Waals surface area (Å²) in [6.45, 7) is 18.3. The molecule has 1 amide bonds. The van der Waals surface area contributed by atoms with Crippen LogP contribution in [0.5, 0.6) is 0 Å². The Kier molecular flexibility index (Phi) is 20.9. The highest BCUT2D eigenvalue weighted by Gasteiger charge is 2.31. The van der Waals surface area contributed by atoms with Gasteiger partial charge in [0.25, 0.3) is 0 Å². The van der Waals surface area contributed by atoms with E-state index in [1.165, 1.54) is 54.3 Å². The highest BCUT2D eigenvalue weighted by Crippen LogP contribution is 2.32. The number of benzene rings is 1. The van der Waals surface area contributed by atoms with Gasteiger partial charge in [-0.15, -0.1) is 0 Å². The predicted molar refractivity (Wildman–Crippen MR) is 170 cm³/mol. The van der Waals surface area contributed by atoms with Gasteiger partial charge in [-0.1, -0.05) is 42.6 Å². The number of amides is 1. The van der Waals surface area contributed by atoms with Gasteiger partial charge in [0.05, 0.1) is 37.6 Å². The summed E-state index contributed by atoms with van der Waals surface area (Å²) in [4.78, 5) is 22.8. The average molecular weight is 650 g/mol. The van der Waals surface area contributed by atoms with Gasteiger partial charge < -0.3 is 25.5 Å². The van der Waals surface area contributed by atoms with Crippen LogP contribution in [-0.2, 0) is 27.0 Å². The maximum absolute atomic E-state index is 12.3. The molecule has 3 aliphatic rings. The zero-order valence-corrected chi connectivity index (χ0v) is 26.6. The molecule has 0 aliphatic carbocycles. The summed E-state index contributed by atoms with van der Waals surface area (Å²) < 4.78 is 44.5. The standard InChI is InChI=1S/C10H10ClF3N2.C9H17N3S.C7H11NO.CH3NO.CH2O/c1-15-16(2)6-7-3-4-8(5-9(7)11)10(12,13)14;1-3-8-9(10-8)11-4-6-12(13-2)7-5-11;1-8-6-7-2-4-9-5-3-7;2-1-3;1-2/h3-5H,1,6H2,2H3;10H,3-7H2,1-2H3;2H,1,3-6H2;1H,(H2,2,3);1H2. The van der Waals surface area contributed by atoms with Gasteiger partial charge in [0, 0.05) is 45.0 Å². The summed E-state index contributed by atoms with van der Waals surface area (Å²) in [6.07, 6.45) is 2.29. The van der Waals surface area contributed by atoms with Crippen molar-refractivity contribution in [1.82, 2.24) is 19.5 Å². The number of carbonyl (C=O) groups excluding carboxylic acids is 2. The van der Waals surface area contributed by atoms with Crippen LogP contribution in [0.2, 0.25) is 5.02 Å². The van der Waals surface area contributed by atoms with Crippen LogP contribution in [0.3, 0.4) is 0 Å². The molecule has 10 nitrogen and oxygen atoms in total. The van der Waals surface area contributed by atoms with Gasteiger partial charge in [-0.05, 0) is 49.1 Å². The summed E-state index contributed by atoms with van der Waals surface area (Å²) >= 11 is 7.60. The van der Waals surface area contributed by atoms with Crippen LogP contribution in [0, 0.1) is 0 Å². The number of rotatable bonds is 8. The largest absolute Gasteiger partial charge is 0.416 e. The molecule has 3 N–H and O–H groups in total. The predicted octanol–water partition coefficient (Wildman–Crippen LogP) is 4.42. The number of nitrogens with zero attached hydrogens (tertiary/aromatic N) is 5. The van der Waals surface area contributed by atoms with E-state index in [2.05, 4.69) is 63.0 Å². The van der Waals surface area contributed by atoms with Crippen molar-refractivity contribution < 1.29 is 27.5 Å². The molecular formula is C28H43ClF3N7O3S. The Morgan fingerprint density at radius 1 is 1.23 bits per heavy atom. The third-order valence-electron chi connectivity index (χ3n) is 6.05.